The Bertz CT molecular complexity index is 112. The van der Waals surface area contributed by atoms with Crippen molar-refractivity contribution in [3.63, 3.8) is 0 Å². The molecule has 0 rings (SSSR count). The Kier molecular flexibility index (Phi) is 27.7. The maximum atomic E-state index is 8.88. The fraction of sp³-hybridized carbons (Fsp3) is 0. The molecular weight excluding hydrogens is 267 g/mol. The number of hydrogen-bond acceptors (Lipinski definition) is 5. The van der Waals surface area contributed by atoms with Crippen LogP contribution in [0.2, 0.25) is 0 Å². The van der Waals surface area contributed by atoms with E-state index in [-0.39, 0.29) is 66.3 Å². The van der Waals surface area contributed by atoms with Crippen LogP contribution in [0.25, 0.3) is 0 Å². The Morgan fingerprint density at radius 1 is 1.08 bits per heavy atom. The first-order chi connectivity index (χ1) is 4.00. The van der Waals surface area contributed by atoms with Crippen LogP contribution in [-0.2, 0) is 4.57 Å². The van der Waals surface area contributed by atoms with Crippen molar-refractivity contribution in [1.29, 1.82) is 0 Å². The molecule has 0 aliphatic heterocycles. The fourth-order valence-corrected chi connectivity index (χ4v) is 0. The quantitative estimate of drug-likeness (QED) is 0.212. The zero-order chi connectivity index (χ0) is 9.00. The third-order valence-electron chi connectivity index (χ3n) is 0. The molecule has 0 aromatic heterocycles. The molecular formula is H9CaMgO9PSi. The third-order valence-corrected chi connectivity index (χ3v) is 0. The van der Waals surface area contributed by atoms with Gasteiger partial charge in [0.05, 0.1) is 0 Å². The van der Waals surface area contributed by atoms with Crippen molar-refractivity contribution in [3.8, 4) is 0 Å². The Morgan fingerprint density at radius 3 is 1.08 bits per heavy atom. The molecule has 0 aromatic carbocycles. The molecule has 0 saturated carbocycles. The maximum Gasteiger partial charge on any atom is 2.00 e. The van der Waals surface area contributed by atoms with E-state index in [1.807, 2.05) is 0 Å². The standard InChI is InChI=1S/Ca.Mg.H3O4P.H2O4Si.H2O.2H/c;;2*1-5(2,3)4;;;/h;;(H3,1,2,3,4);1-2H;1H2;;/q+2;;;-2;;;. The first kappa shape index (κ1) is 29.4. The number of hydrogen-bond donors (Lipinski definition) is 5. The molecule has 0 fully saturated rings. The normalized spacial score (nSPS) is 9.15. The van der Waals surface area contributed by atoms with Crippen LogP contribution in [0.4, 0.5) is 0 Å². The van der Waals surface area contributed by atoms with Crippen molar-refractivity contribution >= 4 is 77.7 Å². The summed E-state index contributed by atoms with van der Waals surface area (Å²) in [5.74, 6) is 0. The van der Waals surface area contributed by atoms with Gasteiger partial charge in [0, 0.05) is 0 Å². The van der Waals surface area contributed by atoms with Gasteiger partial charge < -0.3 is 39.3 Å². The van der Waals surface area contributed by atoms with Crippen molar-refractivity contribution < 1.29 is 43.9 Å². The topological polar surface area (TPSA) is 196 Å². The van der Waals surface area contributed by atoms with Gasteiger partial charge in [0.25, 0.3) is 0 Å². The Labute approximate surface area is 120 Å². The summed E-state index contributed by atoms with van der Waals surface area (Å²) < 4.78 is 8.88. The van der Waals surface area contributed by atoms with Crippen molar-refractivity contribution in [2.24, 2.45) is 0 Å². The van der Waals surface area contributed by atoms with E-state index < -0.39 is 16.9 Å². The molecule has 0 bridgehead atoms. The molecule has 0 saturated heterocycles. The number of rotatable bonds is 0. The Morgan fingerprint density at radius 2 is 1.08 bits per heavy atom. The van der Waals surface area contributed by atoms with E-state index in [9.17, 15) is 0 Å². The van der Waals surface area contributed by atoms with E-state index >= 15 is 0 Å². The minimum Gasteiger partial charge on any atom is -0.828 e. The maximum absolute atomic E-state index is 8.88. The minimum absolute atomic E-state index is 0. The summed E-state index contributed by atoms with van der Waals surface area (Å²) in [6, 6.07) is 0. The van der Waals surface area contributed by atoms with Gasteiger partial charge >= 0.3 is 68.6 Å². The van der Waals surface area contributed by atoms with Crippen molar-refractivity contribution in [2.45, 2.75) is 0 Å². The van der Waals surface area contributed by atoms with E-state index in [1.165, 1.54) is 0 Å². The van der Waals surface area contributed by atoms with Crippen LogP contribution >= 0.6 is 7.82 Å². The van der Waals surface area contributed by atoms with E-state index in [1.54, 1.807) is 0 Å². The largest absolute Gasteiger partial charge is 2.00 e. The van der Waals surface area contributed by atoms with E-state index in [4.69, 9.17) is 38.4 Å². The molecule has 0 spiro atoms. The summed E-state index contributed by atoms with van der Waals surface area (Å²) in [6.07, 6.45) is 0. The molecule has 0 atom stereocenters. The van der Waals surface area contributed by atoms with Crippen LogP contribution < -0.4 is 9.59 Å². The summed E-state index contributed by atoms with van der Waals surface area (Å²) in [4.78, 5) is 53.4. The summed E-state index contributed by atoms with van der Waals surface area (Å²) in [5.41, 5.74) is 0. The molecule has 0 unspecified atom stereocenters. The smallest absolute Gasteiger partial charge is 0.828 e. The van der Waals surface area contributed by atoms with E-state index in [0.717, 1.165) is 0 Å². The predicted octanol–water partition coefficient (Wildman–Crippen LogP) is -6.92. The van der Waals surface area contributed by atoms with Crippen LogP contribution in [0, 0.1) is 0 Å². The van der Waals surface area contributed by atoms with Gasteiger partial charge in [-0.25, -0.2) is 4.57 Å². The van der Waals surface area contributed by atoms with Gasteiger partial charge in [-0.05, 0) is 0 Å². The van der Waals surface area contributed by atoms with Crippen molar-refractivity contribution in [3.05, 3.63) is 0 Å². The monoisotopic (exact) mass is 276 g/mol. The molecule has 0 heterocycles. The molecule has 13 heavy (non-hydrogen) atoms. The van der Waals surface area contributed by atoms with Crippen LogP contribution in [0.15, 0.2) is 0 Å². The second-order valence-electron chi connectivity index (χ2n) is 1.06. The zero-order valence-electron chi connectivity index (χ0n) is 5.62. The molecule has 0 aliphatic carbocycles. The average molecular weight is 277 g/mol. The Balaban J connectivity index is -0.0000000267. The van der Waals surface area contributed by atoms with Crippen molar-refractivity contribution in [1.82, 2.24) is 0 Å². The molecule has 0 radical (unpaired) electrons. The first-order valence-corrected chi connectivity index (χ1v) is 4.91. The molecule has 76 valence electrons. The Hall–Kier alpha value is 2.15. The van der Waals surface area contributed by atoms with E-state index in [0.29, 0.717) is 0 Å². The minimum atomic E-state index is -5.11. The van der Waals surface area contributed by atoms with Gasteiger partial charge in [0.15, 0.2) is 0 Å². The first-order valence-electron chi connectivity index (χ1n) is 1.64. The van der Waals surface area contributed by atoms with Gasteiger partial charge in [0.2, 0.25) is 0 Å². The summed E-state index contributed by atoms with van der Waals surface area (Å²) in [6.45, 7) is 0. The fourth-order valence-electron chi connectivity index (χ4n) is 0. The second kappa shape index (κ2) is 12.2. The molecule has 9 nitrogen and oxygen atoms in total. The third kappa shape index (κ3) is 451. The summed E-state index contributed by atoms with van der Waals surface area (Å²) in [7, 11) is -9.75. The summed E-state index contributed by atoms with van der Waals surface area (Å²) in [5, 5.41) is 0. The van der Waals surface area contributed by atoms with Gasteiger partial charge in [-0.15, -0.1) is 0 Å². The predicted molar refractivity (Wildman–Crippen MR) is 42.4 cm³/mol. The van der Waals surface area contributed by atoms with Crippen LogP contribution in [0.3, 0.4) is 0 Å². The average Bonchev–Trinajstić information content (AvgIpc) is 1.12. The van der Waals surface area contributed by atoms with E-state index in [2.05, 4.69) is 0 Å². The van der Waals surface area contributed by atoms with Gasteiger partial charge in [-0.2, -0.15) is 0 Å². The van der Waals surface area contributed by atoms with Gasteiger partial charge in [0.1, 0.15) is 9.05 Å². The number of phosphoric acid groups is 1. The zero-order valence-corrected chi connectivity index (χ0v) is 9.72. The summed E-state index contributed by atoms with van der Waals surface area (Å²) >= 11 is 0. The van der Waals surface area contributed by atoms with Gasteiger partial charge in [-0.3, -0.25) is 0 Å². The second-order valence-corrected chi connectivity index (χ2v) is 3.19. The molecule has 13 heteroatoms. The van der Waals surface area contributed by atoms with Crippen molar-refractivity contribution in [2.75, 3.05) is 0 Å². The molecule has 0 aliphatic rings. The van der Waals surface area contributed by atoms with Gasteiger partial charge in [-0.1, -0.05) is 0 Å². The molecule has 0 amide bonds. The van der Waals surface area contributed by atoms with Crippen LogP contribution in [-0.4, -0.2) is 99.6 Å². The van der Waals surface area contributed by atoms with Crippen LogP contribution in [0.5, 0.6) is 0 Å². The molecule has 0 aromatic rings. The SMILES string of the molecule is O.O=P(O)(O)O.[Ca+2].[MgH2].[O-][Si]([O-])(O)O. The molecule has 7 N–H and O–H groups in total. The van der Waals surface area contributed by atoms with Crippen LogP contribution in [0.1, 0.15) is 0 Å².